The van der Waals surface area contributed by atoms with E-state index in [9.17, 15) is 4.39 Å². The first-order chi connectivity index (χ1) is 9.26. The molecular weight excluding hydrogens is 241 g/mol. The first kappa shape index (κ1) is 12.9. The van der Waals surface area contributed by atoms with Crippen molar-refractivity contribution < 1.29 is 4.39 Å². The largest absolute Gasteiger partial charge is 0.369 e. The maximum Gasteiger partial charge on any atom is 0.125 e. The Kier molecular flexibility index (Phi) is 3.71. The Hall–Kier alpha value is -1.13. The van der Waals surface area contributed by atoms with Crippen molar-refractivity contribution >= 4 is 5.69 Å². The molecule has 1 unspecified atom stereocenters. The van der Waals surface area contributed by atoms with Crippen molar-refractivity contribution in [3.05, 3.63) is 29.6 Å². The smallest absolute Gasteiger partial charge is 0.125 e. The zero-order valence-corrected chi connectivity index (χ0v) is 11.3. The lowest BCUT2D eigenvalue weighted by Gasteiger charge is -2.39. The average Bonchev–Trinajstić information content (AvgIpc) is 2.85. The minimum absolute atomic E-state index is 0.144. The Morgan fingerprint density at radius 3 is 2.95 bits per heavy atom. The topological polar surface area (TPSA) is 32.5 Å². The summed E-state index contributed by atoms with van der Waals surface area (Å²) in [7, 11) is 0. The van der Waals surface area contributed by atoms with Crippen molar-refractivity contribution in [3.63, 3.8) is 0 Å². The van der Waals surface area contributed by atoms with E-state index in [-0.39, 0.29) is 5.82 Å². The molecule has 2 aliphatic heterocycles. The van der Waals surface area contributed by atoms with Crippen molar-refractivity contribution in [2.75, 3.05) is 37.6 Å². The minimum atomic E-state index is -0.144. The Morgan fingerprint density at radius 1 is 1.21 bits per heavy atom. The lowest BCUT2D eigenvalue weighted by Crippen LogP contribution is -2.50. The predicted molar refractivity (Wildman–Crippen MR) is 76.0 cm³/mol. The van der Waals surface area contributed by atoms with E-state index in [2.05, 4.69) is 15.9 Å². The summed E-state index contributed by atoms with van der Waals surface area (Å²) in [5.74, 6) is -0.144. The van der Waals surface area contributed by atoms with Crippen LogP contribution in [0.1, 0.15) is 18.4 Å². The number of rotatable bonds is 3. The highest BCUT2D eigenvalue weighted by atomic mass is 19.1. The van der Waals surface area contributed by atoms with Gasteiger partial charge in [0, 0.05) is 31.4 Å². The van der Waals surface area contributed by atoms with Crippen LogP contribution in [0.5, 0.6) is 0 Å². The second kappa shape index (κ2) is 5.47. The van der Waals surface area contributed by atoms with Crippen LogP contribution in [0.4, 0.5) is 10.1 Å². The highest BCUT2D eigenvalue weighted by Crippen LogP contribution is 2.26. The summed E-state index contributed by atoms with van der Waals surface area (Å²) in [6, 6.07) is 6.02. The molecule has 2 heterocycles. The SMILES string of the molecule is NCCc1cc(F)cc(N2CCN3CCCC3C2)c1. The van der Waals surface area contributed by atoms with Crippen LogP contribution < -0.4 is 10.6 Å². The molecule has 3 rings (SSSR count). The van der Waals surface area contributed by atoms with Crippen LogP contribution in [0.3, 0.4) is 0 Å². The van der Waals surface area contributed by atoms with E-state index in [1.54, 1.807) is 12.1 Å². The van der Waals surface area contributed by atoms with E-state index in [0.29, 0.717) is 12.6 Å². The first-order valence-corrected chi connectivity index (χ1v) is 7.25. The summed E-state index contributed by atoms with van der Waals surface area (Å²) in [5.41, 5.74) is 7.60. The van der Waals surface area contributed by atoms with Crippen LogP contribution in [0.2, 0.25) is 0 Å². The lowest BCUT2D eigenvalue weighted by atomic mass is 10.1. The second-order valence-electron chi connectivity index (χ2n) is 5.63. The van der Waals surface area contributed by atoms with Crippen LogP contribution in [0.25, 0.3) is 0 Å². The number of benzene rings is 1. The van der Waals surface area contributed by atoms with E-state index < -0.39 is 0 Å². The molecule has 3 nitrogen and oxygen atoms in total. The Morgan fingerprint density at radius 2 is 2.11 bits per heavy atom. The van der Waals surface area contributed by atoms with E-state index in [0.717, 1.165) is 37.3 Å². The first-order valence-electron chi connectivity index (χ1n) is 7.25. The molecule has 2 aliphatic rings. The molecule has 0 saturated carbocycles. The van der Waals surface area contributed by atoms with Gasteiger partial charge < -0.3 is 10.6 Å². The third-order valence-corrected chi connectivity index (χ3v) is 4.33. The van der Waals surface area contributed by atoms with Gasteiger partial charge in [0.2, 0.25) is 0 Å². The minimum Gasteiger partial charge on any atom is -0.369 e. The third kappa shape index (κ3) is 2.74. The zero-order valence-electron chi connectivity index (χ0n) is 11.3. The molecule has 1 atom stereocenters. The van der Waals surface area contributed by atoms with Crippen molar-refractivity contribution in [1.82, 2.24) is 4.90 Å². The standard InChI is InChI=1S/C15H22FN3/c16-13-8-12(3-4-17)9-15(10-13)19-7-6-18-5-1-2-14(18)11-19/h8-10,14H,1-7,11,17H2. The average molecular weight is 263 g/mol. The van der Waals surface area contributed by atoms with Gasteiger partial charge in [-0.25, -0.2) is 4.39 Å². The number of nitrogens with zero attached hydrogens (tertiary/aromatic N) is 2. The molecule has 0 bridgehead atoms. The molecule has 2 N–H and O–H groups in total. The number of halogens is 1. The van der Waals surface area contributed by atoms with Gasteiger partial charge >= 0.3 is 0 Å². The van der Waals surface area contributed by atoms with Crippen LogP contribution in [-0.2, 0) is 6.42 Å². The predicted octanol–water partition coefficient (Wildman–Crippen LogP) is 1.61. The quantitative estimate of drug-likeness (QED) is 0.899. The fraction of sp³-hybridized carbons (Fsp3) is 0.600. The van der Waals surface area contributed by atoms with Gasteiger partial charge in [0.05, 0.1) is 0 Å². The fourth-order valence-electron chi connectivity index (χ4n) is 3.35. The lowest BCUT2D eigenvalue weighted by molar-refractivity contribution is 0.231. The number of fused-ring (bicyclic) bond motifs is 1. The monoisotopic (exact) mass is 263 g/mol. The highest BCUT2D eigenvalue weighted by Gasteiger charge is 2.30. The van der Waals surface area contributed by atoms with E-state index in [1.807, 2.05) is 0 Å². The van der Waals surface area contributed by atoms with Crippen LogP contribution >= 0.6 is 0 Å². The van der Waals surface area contributed by atoms with Crippen molar-refractivity contribution in [3.8, 4) is 0 Å². The maximum absolute atomic E-state index is 13.7. The zero-order chi connectivity index (χ0) is 13.2. The second-order valence-corrected chi connectivity index (χ2v) is 5.63. The van der Waals surface area contributed by atoms with Crippen LogP contribution in [0.15, 0.2) is 18.2 Å². The van der Waals surface area contributed by atoms with Gasteiger partial charge in [-0.1, -0.05) is 0 Å². The summed E-state index contributed by atoms with van der Waals surface area (Å²) in [6.07, 6.45) is 3.33. The van der Waals surface area contributed by atoms with E-state index in [4.69, 9.17) is 5.73 Å². The maximum atomic E-state index is 13.7. The Bertz CT molecular complexity index is 449. The van der Waals surface area contributed by atoms with Crippen molar-refractivity contribution in [1.29, 1.82) is 0 Å². The number of hydrogen-bond acceptors (Lipinski definition) is 3. The van der Waals surface area contributed by atoms with Gasteiger partial charge in [0.25, 0.3) is 0 Å². The van der Waals surface area contributed by atoms with Gasteiger partial charge in [-0.15, -0.1) is 0 Å². The molecule has 2 fully saturated rings. The number of hydrogen-bond donors (Lipinski definition) is 1. The molecule has 1 aromatic carbocycles. The fourth-order valence-corrected chi connectivity index (χ4v) is 3.35. The summed E-state index contributed by atoms with van der Waals surface area (Å²) in [6.45, 7) is 4.94. The van der Waals surface area contributed by atoms with Gasteiger partial charge in [0.15, 0.2) is 0 Å². The van der Waals surface area contributed by atoms with Crippen molar-refractivity contribution in [2.45, 2.75) is 25.3 Å². The van der Waals surface area contributed by atoms with Crippen molar-refractivity contribution in [2.24, 2.45) is 5.73 Å². The highest BCUT2D eigenvalue weighted by molar-refractivity contribution is 5.50. The molecule has 0 spiro atoms. The van der Waals surface area contributed by atoms with Crippen LogP contribution in [-0.4, -0.2) is 43.7 Å². The molecule has 19 heavy (non-hydrogen) atoms. The molecule has 1 aromatic rings. The summed E-state index contributed by atoms with van der Waals surface area (Å²) < 4.78 is 13.7. The Balaban J connectivity index is 1.77. The summed E-state index contributed by atoms with van der Waals surface area (Å²) in [5, 5.41) is 0. The molecule has 0 aliphatic carbocycles. The molecule has 2 saturated heterocycles. The normalized spacial score (nSPS) is 23.7. The summed E-state index contributed by atoms with van der Waals surface area (Å²) in [4.78, 5) is 4.90. The van der Waals surface area contributed by atoms with Gasteiger partial charge in [-0.05, 0) is 56.1 Å². The number of nitrogens with two attached hydrogens (primary N) is 1. The molecule has 104 valence electrons. The third-order valence-electron chi connectivity index (χ3n) is 4.33. The molecule has 0 amide bonds. The van der Waals surface area contributed by atoms with Gasteiger partial charge in [-0.2, -0.15) is 0 Å². The van der Waals surface area contributed by atoms with E-state index in [1.165, 1.54) is 19.4 Å². The van der Waals surface area contributed by atoms with Gasteiger partial charge in [0.1, 0.15) is 5.82 Å². The number of anilines is 1. The number of piperazine rings is 1. The van der Waals surface area contributed by atoms with Crippen LogP contribution in [0, 0.1) is 5.82 Å². The van der Waals surface area contributed by atoms with Gasteiger partial charge in [-0.3, -0.25) is 4.90 Å². The molecule has 0 radical (unpaired) electrons. The Labute approximate surface area is 114 Å². The molecule has 4 heteroatoms. The summed E-state index contributed by atoms with van der Waals surface area (Å²) >= 11 is 0. The van der Waals surface area contributed by atoms with E-state index >= 15 is 0 Å². The molecular formula is C15H22FN3. The molecule has 0 aromatic heterocycles.